The van der Waals surface area contributed by atoms with Gasteiger partial charge in [0.25, 0.3) is 5.91 Å². The second-order valence-electron chi connectivity index (χ2n) is 6.62. The van der Waals surface area contributed by atoms with Crippen LogP contribution in [0.25, 0.3) is 9.88 Å². The average Bonchev–Trinajstić information content (AvgIpc) is 3.44. The molecule has 1 fully saturated rings. The Bertz CT molecular complexity index is 1150. The van der Waals surface area contributed by atoms with Gasteiger partial charge in [0.15, 0.2) is 0 Å². The summed E-state index contributed by atoms with van der Waals surface area (Å²) in [6.07, 6.45) is 1.68. The van der Waals surface area contributed by atoms with E-state index < -0.39 is 10.0 Å². The van der Waals surface area contributed by atoms with Crippen LogP contribution in [0.3, 0.4) is 0 Å². The summed E-state index contributed by atoms with van der Waals surface area (Å²) < 4.78 is 27.2. The molecule has 0 saturated carbocycles. The highest BCUT2D eigenvalue weighted by Gasteiger charge is 2.29. The van der Waals surface area contributed by atoms with Crippen molar-refractivity contribution >= 4 is 55.9 Å². The maximum Gasteiger partial charge on any atom is 0.267 e. The summed E-state index contributed by atoms with van der Waals surface area (Å²) in [4.78, 5) is 18.8. The lowest BCUT2D eigenvalue weighted by Gasteiger charge is -2.17. The third-order valence-corrected chi connectivity index (χ3v) is 9.18. The fraction of sp³-hybridized carbons (Fsp3) is 0.263. The second-order valence-corrected chi connectivity index (χ2v) is 10.9. The minimum absolute atomic E-state index is 0.0131. The number of hydrogen-bond acceptors (Lipinski definition) is 6. The molecular formula is C19H18ClN3O3S3. The van der Waals surface area contributed by atoms with Crippen LogP contribution < -0.4 is 5.32 Å². The maximum atomic E-state index is 12.9. The third kappa shape index (κ3) is 4.10. The Morgan fingerprint density at radius 2 is 2.00 bits per heavy atom. The Kier molecular flexibility index (Phi) is 5.76. The van der Waals surface area contributed by atoms with Gasteiger partial charge in [-0.3, -0.25) is 4.79 Å². The first-order valence-corrected chi connectivity index (χ1v) is 12.5. The number of benzene rings is 1. The molecule has 0 unspecified atom stereocenters. The molecular weight excluding hydrogens is 450 g/mol. The van der Waals surface area contributed by atoms with Crippen molar-refractivity contribution in [2.45, 2.75) is 24.7 Å². The van der Waals surface area contributed by atoms with E-state index in [2.05, 4.69) is 10.3 Å². The molecule has 1 aliphatic heterocycles. The topological polar surface area (TPSA) is 79.4 Å². The van der Waals surface area contributed by atoms with Gasteiger partial charge in [0.2, 0.25) is 10.0 Å². The number of amides is 1. The van der Waals surface area contributed by atoms with Crippen LogP contribution in [0.15, 0.2) is 40.6 Å². The van der Waals surface area contributed by atoms with Gasteiger partial charge in [-0.15, -0.1) is 22.7 Å². The predicted molar refractivity (Wildman–Crippen MR) is 118 cm³/mol. The van der Waals surface area contributed by atoms with Gasteiger partial charge >= 0.3 is 0 Å². The summed E-state index contributed by atoms with van der Waals surface area (Å²) >= 11 is 9.05. The van der Waals surface area contributed by atoms with E-state index in [4.69, 9.17) is 11.6 Å². The Labute approximate surface area is 182 Å². The number of aromatic nitrogens is 1. The molecule has 0 atom stereocenters. The molecule has 0 bridgehead atoms. The van der Waals surface area contributed by atoms with Crippen LogP contribution in [-0.4, -0.2) is 36.7 Å². The van der Waals surface area contributed by atoms with Gasteiger partial charge in [-0.25, -0.2) is 13.4 Å². The van der Waals surface area contributed by atoms with Crippen LogP contribution >= 0.6 is 34.3 Å². The molecule has 1 N–H and O–H groups in total. The lowest BCUT2D eigenvalue weighted by atomic mass is 10.3. The van der Waals surface area contributed by atoms with Crippen LogP contribution in [0.1, 0.15) is 28.2 Å². The number of aryl methyl sites for hydroxylation is 1. The summed E-state index contributed by atoms with van der Waals surface area (Å²) in [6.45, 7) is 2.76. The molecule has 2 aromatic heterocycles. The summed E-state index contributed by atoms with van der Waals surface area (Å²) in [5, 5.41) is 5.67. The largest absolute Gasteiger partial charge is 0.321 e. The first-order chi connectivity index (χ1) is 13.9. The molecule has 1 aromatic carbocycles. The molecule has 152 valence electrons. The lowest BCUT2D eigenvalue weighted by Crippen LogP contribution is -2.28. The highest BCUT2D eigenvalue weighted by atomic mass is 35.5. The minimum Gasteiger partial charge on any atom is -0.321 e. The number of thiazole rings is 1. The fourth-order valence-corrected chi connectivity index (χ4v) is 6.92. The summed E-state index contributed by atoms with van der Waals surface area (Å²) in [7, 11) is -3.68. The molecule has 3 heterocycles. The number of nitrogens with one attached hydrogen (secondary N) is 1. The van der Waals surface area contributed by atoms with Crippen LogP contribution in [-0.2, 0) is 10.0 Å². The van der Waals surface area contributed by atoms with E-state index in [0.717, 1.165) is 22.7 Å². The Balaban J connectivity index is 1.60. The van der Waals surface area contributed by atoms with Gasteiger partial charge in [0.05, 0.1) is 15.6 Å². The van der Waals surface area contributed by atoms with Gasteiger partial charge in [-0.05, 0) is 49.4 Å². The zero-order valence-electron chi connectivity index (χ0n) is 15.5. The smallest absolute Gasteiger partial charge is 0.267 e. The van der Waals surface area contributed by atoms with Crippen molar-refractivity contribution in [2.75, 3.05) is 18.4 Å². The zero-order chi connectivity index (χ0) is 20.6. The first kappa shape index (κ1) is 20.5. The number of sulfonamides is 1. The molecule has 0 radical (unpaired) electrons. The van der Waals surface area contributed by atoms with Gasteiger partial charge < -0.3 is 5.32 Å². The number of rotatable bonds is 5. The van der Waals surface area contributed by atoms with Crippen molar-refractivity contribution in [3.05, 3.63) is 51.3 Å². The van der Waals surface area contributed by atoms with Crippen LogP contribution in [0.5, 0.6) is 0 Å². The number of carbonyl (C=O) groups excluding carboxylic acids is 1. The van der Waals surface area contributed by atoms with E-state index in [9.17, 15) is 13.2 Å². The Morgan fingerprint density at radius 3 is 2.69 bits per heavy atom. The van der Waals surface area contributed by atoms with Crippen LogP contribution in [0, 0.1) is 6.92 Å². The molecule has 29 heavy (non-hydrogen) atoms. The number of thiophene rings is 1. The van der Waals surface area contributed by atoms with Crippen molar-refractivity contribution in [3.63, 3.8) is 0 Å². The molecule has 4 rings (SSSR count). The standard InChI is InChI=1S/C19H18ClN3O3S3/c1-12-17(28-19(21-12)15-5-4-10-27-15)18(24)22-13-6-7-14(20)16(11-13)29(25,26)23-8-2-3-9-23/h4-7,10-11H,2-3,8-9H2,1H3,(H,22,24). The number of nitrogens with zero attached hydrogens (tertiary/aromatic N) is 2. The normalized spacial score (nSPS) is 15.0. The van der Waals surface area contributed by atoms with Gasteiger partial charge in [-0.1, -0.05) is 17.7 Å². The molecule has 0 aliphatic carbocycles. The summed E-state index contributed by atoms with van der Waals surface area (Å²) in [5.74, 6) is -0.324. The van der Waals surface area contributed by atoms with Gasteiger partial charge in [0.1, 0.15) is 14.8 Å². The third-order valence-electron chi connectivity index (χ3n) is 4.61. The average molecular weight is 468 g/mol. The lowest BCUT2D eigenvalue weighted by molar-refractivity contribution is 0.102. The van der Waals surface area contributed by atoms with E-state index in [1.165, 1.54) is 27.8 Å². The Morgan fingerprint density at radius 1 is 1.24 bits per heavy atom. The second kappa shape index (κ2) is 8.16. The van der Waals surface area contributed by atoms with E-state index in [1.807, 2.05) is 17.5 Å². The van der Waals surface area contributed by atoms with E-state index >= 15 is 0 Å². The van der Waals surface area contributed by atoms with E-state index in [0.29, 0.717) is 29.3 Å². The molecule has 3 aromatic rings. The SMILES string of the molecule is Cc1nc(-c2cccs2)sc1C(=O)Nc1ccc(Cl)c(S(=O)(=O)N2CCCC2)c1. The monoisotopic (exact) mass is 467 g/mol. The summed E-state index contributed by atoms with van der Waals surface area (Å²) in [5.41, 5.74) is 1.01. The van der Waals surface area contributed by atoms with Crippen molar-refractivity contribution in [2.24, 2.45) is 0 Å². The van der Waals surface area contributed by atoms with E-state index in [1.54, 1.807) is 24.3 Å². The maximum absolute atomic E-state index is 12.9. The number of hydrogen-bond donors (Lipinski definition) is 1. The van der Waals surface area contributed by atoms with Crippen molar-refractivity contribution in [1.29, 1.82) is 0 Å². The fourth-order valence-electron chi connectivity index (χ4n) is 3.15. The highest BCUT2D eigenvalue weighted by Crippen LogP contribution is 2.33. The number of anilines is 1. The minimum atomic E-state index is -3.68. The molecule has 10 heteroatoms. The predicted octanol–water partition coefficient (Wildman–Crippen LogP) is 4.87. The molecule has 1 aliphatic rings. The quantitative estimate of drug-likeness (QED) is 0.580. The molecule has 1 amide bonds. The van der Waals surface area contributed by atoms with Gasteiger partial charge in [0, 0.05) is 18.8 Å². The Hall–Kier alpha value is -1.78. The molecule has 0 spiro atoms. The number of halogens is 1. The van der Waals surface area contributed by atoms with Gasteiger partial charge in [-0.2, -0.15) is 4.31 Å². The van der Waals surface area contributed by atoms with Crippen molar-refractivity contribution in [3.8, 4) is 9.88 Å². The van der Waals surface area contributed by atoms with Crippen LogP contribution in [0.4, 0.5) is 5.69 Å². The highest BCUT2D eigenvalue weighted by molar-refractivity contribution is 7.89. The van der Waals surface area contributed by atoms with Crippen molar-refractivity contribution < 1.29 is 13.2 Å². The van der Waals surface area contributed by atoms with E-state index in [-0.39, 0.29) is 15.8 Å². The molecule has 1 saturated heterocycles. The van der Waals surface area contributed by atoms with Crippen molar-refractivity contribution in [1.82, 2.24) is 9.29 Å². The summed E-state index contributed by atoms with van der Waals surface area (Å²) in [6, 6.07) is 8.41. The molecule has 6 nitrogen and oxygen atoms in total. The zero-order valence-corrected chi connectivity index (χ0v) is 18.7. The van der Waals surface area contributed by atoms with Crippen LogP contribution in [0.2, 0.25) is 5.02 Å². The first-order valence-electron chi connectivity index (χ1n) is 8.98. The number of carbonyl (C=O) groups is 1.